The Balaban J connectivity index is 1.46. The topological polar surface area (TPSA) is 36.4 Å². The van der Waals surface area contributed by atoms with Gasteiger partial charge in [-0.3, -0.25) is 9.78 Å². The highest BCUT2D eigenvalue weighted by atomic mass is 16.2. The number of hydrogen-bond donors (Lipinski definition) is 0. The maximum atomic E-state index is 12.9. The first-order valence-corrected chi connectivity index (χ1v) is 9.02. The predicted octanol–water partition coefficient (Wildman–Crippen LogP) is 3.23. The quantitative estimate of drug-likeness (QED) is 0.806. The van der Waals surface area contributed by atoms with Gasteiger partial charge in [-0.25, -0.2) is 0 Å². The first-order chi connectivity index (χ1) is 12.3. The molecule has 25 heavy (non-hydrogen) atoms. The van der Waals surface area contributed by atoms with Crippen molar-refractivity contribution in [1.82, 2.24) is 14.8 Å². The van der Waals surface area contributed by atoms with Crippen LogP contribution in [0.2, 0.25) is 0 Å². The van der Waals surface area contributed by atoms with E-state index >= 15 is 0 Å². The Kier molecular flexibility index (Phi) is 4.61. The lowest BCUT2D eigenvalue weighted by atomic mass is 10.0. The molecule has 0 radical (unpaired) electrons. The molecule has 4 rings (SSSR count). The fourth-order valence-corrected chi connectivity index (χ4v) is 3.71. The van der Waals surface area contributed by atoms with Gasteiger partial charge in [0.25, 0.3) is 5.91 Å². The molecule has 2 aliphatic heterocycles. The number of carbonyl (C=O) groups excluding carboxylic acids is 1. The van der Waals surface area contributed by atoms with Gasteiger partial charge in [0.1, 0.15) is 0 Å². The van der Waals surface area contributed by atoms with E-state index in [4.69, 9.17) is 0 Å². The Morgan fingerprint density at radius 3 is 2.40 bits per heavy atom. The summed E-state index contributed by atoms with van der Waals surface area (Å²) in [6.07, 6.45) is 10.4. The van der Waals surface area contributed by atoms with Crippen molar-refractivity contribution in [3.63, 3.8) is 0 Å². The molecule has 1 amide bonds. The maximum Gasteiger partial charge on any atom is 0.254 e. The zero-order valence-corrected chi connectivity index (χ0v) is 14.3. The molecule has 1 atom stereocenters. The molecule has 2 aliphatic rings. The van der Waals surface area contributed by atoms with Gasteiger partial charge >= 0.3 is 0 Å². The van der Waals surface area contributed by atoms with Crippen LogP contribution in [0.15, 0.2) is 60.9 Å². The molecule has 0 saturated carbocycles. The van der Waals surface area contributed by atoms with Gasteiger partial charge in [0.2, 0.25) is 0 Å². The van der Waals surface area contributed by atoms with Crippen molar-refractivity contribution in [3.05, 3.63) is 66.5 Å². The molecule has 1 fully saturated rings. The first kappa shape index (κ1) is 16.0. The van der Waals surface area contributed by atoms with Crippen LogP contribution in [0.5, 0.6) is 0 Å². The molecule has 0 bridgehead atoms. The maximum absolute atomic E-state index is 12.9. The number of amides is 1. The second-order valence-corrected chi connectivity index (χ2v) is 6.77. The van der Waals surface area contributed by atoms with Crippen LogP contribution in [0.1, 0.15) is 23.2 Å². The molecular formula is C21H23N3O. The fraction of sp³-hybridized carbons (Fsp3) is 0.333. The summed E-state index contributed by atoms with van der Waals surface area (Å²) in [5.41, 5.74) is 2.98. The van der Waals surface area contributed by atoms with E-state index in [2.05, 4.69) is 22.0 Å². The van der Waals surface area contributed by atoms with E-state index in [9.17, 15) is 4.79 Å². The lowest BCUT2D eigenvalue weighted by Gasteiger charge is -2.28. The number of hydrogen-bond acceptors (Lipinski definition) is 3. The molecular weight excluding hydrogens is 310 g/mol. The van der Waals surface area contributed by atoms with Crippen molar-refractivity contribution in [3.8, 4) is 11.1 Å². The Labute approximate surface area is 148 Å². The molecule has 0 aliphatic carbocycles. The van der Waals surface area contributed by atoms with Crippen LogP contribution in [0.3, 0.4) is 0 Å². The van der Waals surface area contributed by atoms with Crippen LogP contribution in [-0.4, -0.2) is 52.9 Å². The van der Waals surface area contributed by atoms with Gasteiger partial charge < -0.3 is 9.80 Å². The van der Waals surface area contributed by atoms with Crippen molar-refractivity contribution in [2.45, 2.75) is 18.9 Å². The van der Waals surface area contributed by atoms with Gasteiger partial charge in [-0.2, -0.15) is 0 Å². The molecule has 4 nitrogen and oxygen atoms in total. The molecule has 1 saturated heterocycles. The Morgan fingerprint density at radius 1 is 1.00 bits per heavy atom. The van der Waals surface area contributed by atoms with Crippen LogP contribution in [0, 0.1) is 0 Å². The van der Waals surface area contributed by atoms with Crippen LogP contribution in [0.4, 0.5) is 0 Å². The van der Waals surface area contributed by atoms with Gasteiger partial charge in [0, 0.05) is 31.0 Å². The third kappa shape index (κ3) is 3.49. The van der Waals surface area contributed by atoms with E-state index in [1.807, 2.05) is 41.3 Å². The van der Waals surface area contributed by atoms with E-state index in [0.29, 0.717) is 6.54 Å². The van der Waals surface area contributed by atoms with Gasteiger partial charge in [-0.1, -0.05) is 24.3 Å². The first-order valence-electron chi connectivity index (χ1n) is 9.02. The van der Waals surface area contributed by atoms with E-state index < -0.39 is 0 Å². The highest BCUT2D eigenvalue weighted by Gasteiger charge is 2.28. The SMILES string of the molecule is O=C(c1ccc(-c2ccncc2)cc1)N1CC=C[C@H]1CN1CCCC1. The number of pyridine rings is 1. The smallest absolute Gasteiger partial charge is 0.254 e. The average molecular weight is 333 g/mol. The molecule has 1 aromatic carbocycles. The molecule has 128 valence electrons. The summed E-state index contributed by atoms with van der Waals surface area (Å²) in [6.45, 7) is 3.99. The van der Waals surface area contributed by atoms with Gasteiger partial charge in [-0.15, -0.1) is 0 Å². The minimum absolute atomic E-state index is 0.121. The Bertz CT molecular complexity index is 748. The molecule has 4 heteroatoms. The van der Waals surface area contributed by atoms with Crippen molar-refractivity contribution >= 4 is 5.91 Å². The summed E-state index contributed by atoms with van der Waals surface area (Å²) in [6, 6.07) is 12.1. The number of rotatable bonds is 4. The third-order valence-corrected chi connectivity index (χ3v) is 5.11. The van der Waals surface area contributed by atoms with Crippen molar-refractivity contribution in [1.29, 1.82) is 0 Å². The number of nitrogens with zero attached hydrogens (tertiary/aromatic N) is 3. The van der Waals surface area contributed by atoms with Crippen LogP contribution in [-0.2, 0) is 0 Å². The number of likely N-dealkylation sites (tertiary alicyclic amines) is 1. The van der Waals surface area contributed by atoms with E-state index in [1.165, 1.54) is 12.8 Å². The fourth-order valence-electron chi connectivity index (χ4n) is 3.71. The second-order valence-electron chi connectivity index (χ2n) is 6.77. The highest BCUT2D eigenvalue weighted by Crippen LogP contribution is 2.21. The average Bonchev–Trinajstić information content (AvgIpc) is 3.34. The standard InChI is InChI=1S/C21H23N3O/c25-21(24-15-3-4-20(24)16-23-13-1-2-14-23)19-7-5-17(6-8-19)18-9-11-22-12-10-18/h3-12,20H,1-2,13-16H2/t20-/m0/s1. The van der Waals surface area contributed by atoms with Crippen molar-refractivity contribution in [2.75, 3.05) is 26.2 Å². The van der Waals surface area contributed by atoms with Gasteiger partial charge in [0.15, 0.2) is 0 Å². The van der Waals surface area contributed by atoms with Crippen LogP contribution >= 0.6 is 0 Å². The summed E-state index contributed by atoms with van der Waals surface area (Å²) < 4.78 is 0. The highest BCUT2D eigenvalue weighted by molar-refractivity contribution is 5.95. The minimum Gasteiger partial charge on any atom is -0.327 e. The number of benzene rings is 1. The van der Waals surface area contributed by atoms with Crippen molar-refractivity contribution in [2.24, 2.45) is 0 Å². The molecule has 1 aromatic heterocycles. The minimum atomic E-state index is 0.121. The number of aromatic nitrogens is 1. The zero-order valence-electron chi connectivity index (χ0n) is 14.3. The second kappa shape index (κ2) is 7.19. The Hall–Kier alpha value is -2.46. The Morgan fingerprint density at radius 2 is 1.68 bits per heavy atom. The van der Waals surface area contributed by atoms with Crippen LogP contribution < -0.4 is 0 Å². The largest absolute Gasteiger partial charge is 0.327 e. The lowest BCUT2D eigenvalue weighted by molar-refractivity contribution is 0.0726. The molecule has 2 aromatic rings. The van der Waals surface area contributed by atoms with Gasteiger partial charge in [0.05, 0.1) is 6.04 Å². The van der Waals surface area contributed by atoms with Gasteiger partial charge in [-0.05, 0) is 61.3 Å². The number of carbonyl (C=O) groups is 1. The molecule has 0 unspecified atom stereocenters. The molecule has 0 spiro atoms. The summed E-state index contributed by atoms with van der Waals surface area (Å²) in [4.78, 5) is 21.4. The molecule has 3 heterocycles. The van der Waals surface area contributed by atoms with E-state index in [-0.39, 0.29) is 11.9 Å². The normalized spacial score (nSPS) is 20.3. The van der Waals surface area contributed by atoms with E-state index in [0.717, 1.165) is 36.3 Å². The van der Waals surface area contributed by atoms with E-state index in [1.54, 1.807) is 12.4 Å². The van der Waals surface area contributed by atoms with Crippen LogP contribution in [0.25, 0.3) is 11.1 Å². The summed E-state index contributed by atoms with van der Waals surface area (Å²) in [5.74, 6) is 0.121. The lowest BCUT2D eigenvalue weighted by Crippen LogP contribution is -2.42. The zero-order chi connectivity index (χ0) is 17.1. The summed E-state index contributed by atoms with van der Waals surface area (Å²) in [5, 5.41) is 0. The predicted molar refractivity (Wildman–Crippen MR) is 99.3 cm³/mol. The summed E-state index contributed by atoms with van der Waals surface area (Å²) >= 11 is 0. The molecule has 0 N–H and O–H groups in total. The van der Waals surface area contributed by atoms with Crippen molar-refractivity contribution < 1.29 is 4.79 Å². The monoisotopic (exact) mass is 333 g/mol. The summed E-state index contributed by atoms with van der Waals surface area (Å²) in [7, 11) is 0. The third-order valence-electron chi connectivity index (χ3n) is 5.11.